The van der Waals surface area contributed by atoms with Crippen molar-refractivity contribution in [2.45, 2.75) is 134 Å². The first kappa shape index (κ1) is 51.5. The highest BCUT2D eigenvalue weighted by atomic mass is 16.7. The van der Waals surface area contributed by atoms with Crippen LogP contribution in [-0.4, -0.2) is 171 Å². The highest BCUT2D eigenvalue weighted by Gasteiger charge is 2.42. The van der Waals surface area contributed by atoms with Crippen LogP contribution in [0, 0.1) is 17.8 Å². The van der Waals surface area contributed by atoms with Gasteiger partial charge in [0.25, 0.3) is 0 Å². The first-order chi connectivity index (χ1) is 28.9. The topological polar surface area (TPSA) is 209 Å². The molecule has 2 saturated heterocycles. The molecule has 346 valence electrons. The minimum absolute atomic E-state index is 0.00846. The summed E-state index contributed by atoms with van der Waals surface area (Å²) in [6.45, 7) is 9.96. The number of hydrogen-bond donors (Lipinski definition) is 5. The number of aliphatic hydroxyl groups excluding tert-OH is 1. The lowest BCUT2D eigenvalue weighted by Gasteiger charge is -2.39. The second-order valence-electron chi connectivity index (χ2n) is 17.2. The van der Waals surface area contributed by atoms with Crippen LogP contribution < -0.4 is 16.0 Å². The summed E-state index contributed by atoms with van der Waals surface area (Å²) in [5.74, 6) is -2.90. The fourth-order valence-electron chi connectivity index (χ4n) is 8.78. The van der Waals surface area contributed by atoms with E-state index in [0.29, 0.717) is 25.8 Å². The van der Waals surface area contributed by atoms with Crippen LogP contribution >= 0.6 is 0 Å². The summed E-state index contributed by atoms with van der Waals surface area (Å²) in [5, 5.41) is 28.8. The Morgan fingerprint density at radius 3 is 2.21 bits per heavy atom. The highest BCUT2D eigenvalue weighted by Crippen LogP contribution is 2.30. The third-order valence-corrected chi connectivity index (χ3v) is 12.3. The quantitative estimate of drug-likeness (QED) is 0.101. The summed E-state index contributed by atoms with van der Waals surface area (Å²) < 4.78 is 23.6. The van der Waals surface area contributed by atoms with Gasteiger partial charge in [0, 0.05) is 53.4 Å². The lowest BCUT2D eigenvalue weighted by atomic mass is 9.90. The van der Waals surface area contributed by atoms with Crippen LogP contribution in [0.1, 0.15) is 78.7 Å². The Bertz CT molecular complexity index is 1560. The van der Waals surface area contributed by atoms with Crippen LogP contribution in [-0.2, 0) is 49.3 Å². The van der Waals surface area contributed by atoms with Gasteiger partial charge in [-0.1, -0.05) is 53.2 Å². The Morgan fingerprint density at radius 1 is 0.984 bits per heavy atom. The number of likely N-dealkylation sites (tertiary alicyclic amines) is 1. The van der Waals surface area contributed by atoms with Crippen molar-refractivity contribution in [1.82, 2.24) is 25.3 Å². The average molecular weight is 863 g/mol. The van der Waals surface area contributed by atoms with E-state index in [-0.39, 0.29) is 67.9 Å². The number of carboxylic acid groups (broad SMARTS) is 1. The first-order valence-electron chi connectivity index (χ1n) is 21.7. The third-order valence-electron chi connectivity index (χ3n) is 12.3. The first-order valence-corrected chi connectivity index (χ1v) is 21.7. The molecular weight excluding hydrogens is 789 g/mol. The van der Waals surface area contributed by atoms with Gasteiger partial charge in [-0.15, -0.1) is 0 Å². The fraction of sp³-hybridized carbons (Fsp3) is 0.750. The molecule has 2 aliphatic rings. The largest absolute Gasteiger partial charge is 0.479 e. The molecule has 2 heterocycles. The average Bonchev–Trinajstić information content (AvgIpc) is 3.71. The molecule has 0 bridgehead atoms. The number of rotatable bonds is 24. The van der Waals surface area contributed by atoms with Crippen LogP contribution in [0.4, 0.5) is 5.69 Å². The SMILES string of the molecule is CCC(C)C(C(CC(=O)N1CCCC1C(OC)C(C)C(=O)NC(COC1CC(O)CC(C(=O)O)O1)Cc1ccc(NC)cc1)OC)N(C)C(=O)CNC(=O)C(C(C)C)N(C)C. The molecule has 0 saturated carbocycles. The Balaban J connectivity index is 1.74. The molecule has 1 aromatic rings. The number of likely N-dealkylation sites (N-methyl/N-ethyl adjacent to an activating group) is 2. The van der Waals surface area contributed by atoms with Gasteiger partial charge in [0.1, 0.15) is 0 Å². The molecular formula is C44H74N6O11. The number of nitrogens with zero attached hydrogens (tertiary/aromatic N) is 3. The Labute approximate surface area is 362 Å². The zero-order valence-corrected chi connectivity index (χ0v) is 38.2. The van der Waals surface area contributed by atoms with E-state index in [1.54, 1.807) is 23.8 Å². The van der Waals surface area contributed by atoms with Crippen LogP contribution in [0.5, 0.6) is 0 Å². The molecule has 11 atom stereocenters. The van der Waals surface area contributed by atoms with Gasteiger partial charge in [0.2, 0.25) is 23.6 Å². The van der Waals surface area contributed by atoms with Gasteiger partial charge in [-0.2, -0.15) is 0 Å². The number of hydrogen-bond acceptors (Lipinski definition) is 12. The van der Waals surface area contributed by atoms with Crippen LogP contribution in [0.3, 0.4) is 0 Å². The monoisotopic (exact) mass is 863 g/mol. The van der Waals surface area contributed by atoms with Crippen LogP contribution in [0.2, 0.25) is 0 Å². The molecule has 0 aromatic heterocycles. The second kappa shape index (κ2) is 24.7. The molecule has 0 spiro atoms. The number of amides is 4. The molecule has 3 rings (SSSR count). The van der Waals surface area contributed by atoms with Gasteiger partial charge in [-0.25, -0.2) is 4.79 Å². The summed E-state index contributed by atoms with van der Waals surface area (Å²) in [6, 6.07) is 5.90. The molecule has 2 fully saturated rings. The van der Waals surface area contributed by atoms with Crippen molar-refractivity contribution in [3.63, 3.8) is 0 Å². The van der Waals surface area contributed by atoms with E-state index in [4.69, 9.17) is 18.9 Å². The van der Waals surface area contributed by atoms with E-state index in [0.717, 1.165) is 17.7 Å². The van der Waals surface area contributed by atoms with Crippen molar-refractivity contribution in [3.05, 3.63) is 29.8 Å². The fourth-order valence-corrected chi connectivity index (χ4v) is 8.78. The van der Waals surface area contributed by atoms with Crippen molar-refractivity contribution < 1.29 is 53.1 Å². The number of carbonyl (C=O) groups excluding carboxylic acids is 4. The predicted molar refractivity (Wildman–Crippen MR) is 231 cm³/mol. The van der Waals surface area contributed by atoms with E-state index >= 15 is 0 Å². The number of nitrogens with one attached hydrogen (secondary N) is 3. The summed E-state index contributed by atoms with van der Waals surface area (Å²) in [5.41, 5.74) is 1.85. The van der Waals surface area contributed by atoms with Crippen molar-refractivity contribution in [3.8, 4) is 0 Å². The number of methoxy groups -OCH3 is 2. The smallest absolute Gasteiger partial charge is 0.333 e. The normalized spacial score (nSPS) is 22.8. The van der Waals surface area contributed by atoms with Crippen molar-refractivity contribution in [1.29, 1.82) is 0 Å². The number of anilines is 1. The Kier molecular flexibility index (Phi) is 20.8. The van der Waals surface area contributed by atoms with Crippen LogP contribution in [0.25, 0.3) is 0 Å². The van der Waals surface area contributed by atoms with Gasteiger partial charge in [-0.3, -0.25) is 24.1 Å². The maximum absolute atomic E-state index is 14.3. The minimum atomic E-state index is -1.20. The molecule has 0 aliphatic carbocycles. The number of carbonyl (C=O) groups is 5. The second-order valence-corrected chi connectivity index (χ2v) is 17.2. The summed E-state index contributed by atoms with van der Waals surface area (Å²) >= 11 is 0. The lowest BCUT2D eigenvalue weighted by molar-refractivity contribution is -0.223. The summed E-state index contributed by atoms with van der Waals surface area (Å²) in [4.78, 5) is 71.7. The third kappa shape index (κ3) is 14.6. The molecule has 5 N–H and O–H groups in total. The van der Waals surface area contributed by atoms with Gasteiger partial charge in [-0.05, 0) is 62.9 Å². The molecule has 61 heavy (non-hydrogen) atoms. The highest BCUT2D eigenvalue weighted by molar-refractivity contribution is 5.88. The molecule has 2 aliphatic heterocycles. The predicted octanol–water partition coefficient (Wildman–Crippen LogP) is 2.35. The number of carboxylic acids is 1. The molecule has 0 radical (unpaired) electrons. The maximum atomic E-state index is 14.3. The van der Waals surface area contributed by atoms with Crippen LogP contribution in [0.15, 0.2) is 24.3 Å². The molecule has 11 unspecified atom stereocenters. The van der Waals surface area contributed by atoms with Crippen molar-refractivity contribution >= 4 is 35.3 Å². The van der Waals surface area contributed by atoms with E-state index in [2.05, 4.69) is 16.0 Å². The summed E-state index contributed by atoms with van der Waals surface area (Å²) in [7, 11) is 10.2. The zero-order chi connectivity index (χ0) is 45.6. The number of ether oxygens (including phenoxy) is 4. The lowest BCUT2D eigenvalue weighted by Crippen LogP contribution is -2.55. The number of aliphatic hydroxyl groups is 1. The number of aliphatic carboxylic acids is 1. The summed E-state index contributed by atoms with van der Waals surface area (Å²) in [6.07, 6.45) is -1.91. The zero-order valence-electron chi connectivity index (χ0n) is 38.2. The Hall–Kier alpha value is -3.87. The molecule has 17 heteroatoms. The molecule has 1 aromatic carbocycles. The molecule has 4 amide bonds. The minimum Gasteiger partial charge on any atom is -0.479 e. The van der Waals surface area contributed by atoms with Crippen molar-refractivity contribution in [2.75, 3.05) is 67.4 Å². The van der Waals surface area contributed by atoms with Gasteiger partial charge >= 0.3 is 5.97 Å². The van der Waals surface area contributed by atoms with E-state index in [1.165, 1.54) is 14.2 Å². The molecule has 17 nitrogen and oxygen atoms in total. The Morgan fingerprint density at radius 2 is 1.66 bits per heavy atom. The van der Waals surface area contributed by atoms with Gasteiger partial charge < -0.3 is 54.9 Å². The van der Waals surface area contributed by atoms with E-state index < -0.39 is 66.8 Å². The number of benzene rings is 1. The van der Waals surface area contributed by atoms with E-state index in [9.17, 15) is 34.2 Å². The van der Waals surface area contributed by atoms with E-state index in [1.807, 2.05) is 78.0 Å². The standard InChI is InChI=1S/C44H74N6O11/c1-12-27(4)40(49(9)37(53)24-46-43(55)39(26(2)3)48(7)8)34(58-10)23-36(52)50-19-13-14-33(50)41(59-11)28(5)42(54)47-31(20-29-15-17-30(45-6)18-16-29)25-60-38-22-32(51)21-35(61-38)44(56)57/h15-18,26-28,31-35,38-41,45,51H,12-14,19-25H2,1-11H3,(H,46,55)(H,47,54)(H,56,57). The van der Waals surface area contributed by atoms with Gasteiger partial charge in [0.05, 0.1) is 68.0 Å². The van der Waals surface area contributed by atoms with Crippen molar-refractivity contribution in [2.24, 2.45) is 17.8 Å². The van der Waals surface area contributed by atoms with Gasteiger partial charge in [0.15, 0.2) is 12.4 Å². The maximum Gasteiger partial charge on any atom is 0.333 e.